The monoisotopic (exact) mass is 455 g/mol. The van der Waals surface area contributed by atoms with E-state index in [1.807, 2.05) is 48.5 Å². The van der Waals surface area contributed by atoms with Crippen LogP contribution in [0.3, 0.4) is 0 Å². The molecule has 1 fully saturated rings. The molecule has 1 aromatic carbocycles. The highest BCUT2D eigenvalue weighted by Crippen LogP contribution is 2.33. The van der Waals surface area contributed by atoms with Crippen molar-refractivity contribution in [1.29, 1.82) is 0 Å². The molecule has 2 unspecified atom stereocenters. The first-order chi connectivity index (χ1) is 14.2. The number of carbonyl (C=O) groups is 1. The van der Waals surface area contributed by atoms with E-state index in [9.17, 15) is 13.2 Å². The fraction of sp³-hybridized carbons (Fsp3) is 0.696. The van der Waals surface area contributed by atoms with Crippen LogP contribution in [0.2, 0.25) is 0 Å². The third-order valence-electron chi connectivity index (χ3n) is 5.24. The minimum atomic E-state index is -3.84. The molecule has 8 heteroatoms. The number of benzene rings is 1. The van der Waals surface area contributed by atoms with Crippen molar-refractivity contribution in [2.75, 3.05) is 13.2 Å². The molecule has 176 valence electrons. The zero-order valence-electron chi connectivity index (χ0n) is 19.8. The van der Waals surface area contributed by atoms with Gasteiger partial charge in [0, 0.05) is 0 Å². The first-order valence-corrected chi connectivity index (χ1v) is 12.3. The molecular formula is C23H37NO6S. The summed E-state index contributed by atoms with van der Waals surface area (Å²) in [6.45, 7) is 13.5. The SMILES string of the molecule is CCCC(COS(=O)(=O)c1ccc(C)cc1)CC1COC(C)(C)N1C(=O)OC(C)(C)C. The number of amides is 1. The highest BCUT2D eigenvalue weighted by atomic mass is 32.2. The van der Waals surface area contributed by atoms with E-state index < -0.39 is 27.5 Å². The maximum Gasteiger partial charge on any atom is 0.412 e. The molecule has 1 saturated heterocycles. The average Bonchev–Trinajstić information content (AvgIpc) is 2.93. The van der Waals surface area contributed by atoms with Gasteiger partial charge in [-0.2, -0.15) is 8.42 Å². The summed E-state index contributed by atoms with van der Waals surface area (Å²) in [6, 6.07) is 6.38. The van der Waals surface area contributed by atoms with Gasteiger partial charge in [0.1, 0.15) is 11.3 Å². The lowest BCUT2D eigenvalue weighted by molar-refractivity contribution is -0.0633. The Morgan fingerprint density at radius 1 is 1.26 bits per heavy atom. The molecule has 2 rings (SSSR count). The molecule has 0 bridgehead atoms. The van der Waals surface area contributed by atoms with E-state index >= 15 is 0 Å². The Labute approximate surface area is 187 Å². The molecule has 1 amide bonds. The Hall–Kier alpha value is -1.64. The van der Waals surface area contributed by atoms with Crippen LogP contribution in [0.5, 0.6) is 0 Å². The number of aryl methyl sites for hydroxylation is 1. The van der Waals surface area contributed by atoms with Gasteiger partial charge in [-0.1, -0.05) is 31.0 Å². The maximum absolute atomic E-state index is 12.9. The van der Waals surface area contributed by atoms with Crippen LogP contribution in [-0.4, -0.2) is 50.0 Å². The summed E-state index contributed by atoms with van der Waals surface area (Å²) >= 11 is 0. The van der Waals surface area contributed by atoms with Gasteiger partial charge in [0.25, 0.3) is 10.1 Å². The van der Waals surface area contributed by atoms with Gasteiger partial charge in [0.2, 0.25) is 0 Å². The highest BCUT2D eigenvalue weighted by molar-refractivity contribution is 7.86. The summed E-state index contributed by atoms with van der Waals surface area (Å²) < 4.78 is 42.0. The molecule has 0 spiro atoms. The first-order valence-electron chi connectivity index (χ1n) is 10.9. The molecule has 0 N–H and O–H groups in total. The molecule has 2 atom stereocenters. The molecule has 0 aliphatic carbocycles. The predicted molar refractivity (Wildman–Crippen MR) is 119 cm³/mol. The van der Waals surface area contributed by atoms with E-state index in [1.165, 1.54) is 0 Å². The summed E-state index contributed by atoms with van der Waals surface area (Å²) in [6.07, 6.45) is 1.80. The van der Waals surface area contributed by atoms with Gasteiger partial charge in [0.15, 0.2) is 0 Å². The van der Waals surface area contributed by atoms with E-state index in [-0.39, 0.29) is 23.5 Å². The summed E-state index contributed by atoms with van der Waals surface area (Å²) in [5.41, 5.74) is -0.429. The normalized spacial score (nSPS) is 20.0. The lowest BCUT2D eigenvalue weighted by atomic mass is 9.95. The Bertz CT molecular complexity index is 842. The van der Waals surface area contributed by atoms with Crippen molar-refractivity contribution >= 4 is 16.2 Å². The topological polar surface area (TPSA) is 82.1 Å². The van der Waals surface area contributed by atoms with E-state index in [0.717, 1.165) is 18.4 Å². The third kappa shape index (κ3) is 7.19. The largest absolute Gasteiger partial charge is 0.444 e. The van der Waals surface area contributed by atoms with Gasteiger partial charge < -0.3 is 9.47 Å². The number of hydrogen-bond acceptors (Lipinski definition) is 6. The van der Waals surface area contributed by atoms with E-state index in [0.29, 0.717) is 13.0 Å². The minimum Gasteiger partial charge on any atom is -0.444 e. The molecule has 1 aliphatic heterocycles. The van der Waals surface area contributed by atoms with Gasteiger partial charge in [-0.25, -0.2) is 4.79 Å². The van der Waals surface area contributed by atoms with Crippen molar-refractivity contribution in [3.05, 3.63) is 29.8 Å². The van der Waals surface area contributed by atoms with Crippen LogP contribution < -0.4 is 0 Å². The van der Waals surface area contributed by atoms with Crippen LogP contribution >= 0.6 is 0 Å². The number of carbonyl (C=O) groups excluding carboxylic acids is 1. The second kappa shape index (κ2) is 9.88. The minimum absolute atomic E-state index is 0.0438. The van der Waals surface area contributed by atoms with Crippen LogP contribution in [-0.2, 0) is 23.8 Å². The first kappa shape index (κ1) is 25.6. The van der Waals surface area contributed by atoms with E-state index in [4.69, 9.17) is 13.7 Å². The Balaban J connectivity index is 2.10. The molecule has 1 aromatic rings. The van der Waals surface area contributed by atoms with Gasteiger partial charge in [-0.3, -0.25) is 9.08 Å². The molecule has 0 aromatic heterocycles. The van der Waals surface area contributed by atoms with Gasteiger partial charge in [-0.05, 0) is 72.4 Å². The summed E-state index contributed by atoms with van der Waals surface area (Å²) in [5.74, 6) is -0.0438. The van der Waals surface area contributed by atoms with E-state index in [1.54, 1.807) is 29.2 Å². The summed E-state index contributed by atoms with van der Waals surface area (Å²) in [7, 11) is -3.84. The van der Waals surface area contributed by atoms with Crippen molar-refractivity contribution in [2.24, 2.45) is 5.92 Å². The summed E-state index contributed by atoms with van der Waals surface area (Å²) in [4.78, 5) is 14.6. The Morgan fingerprint density at radius 2 is 1.87 bits per heavy atom. The van der Waals surface area contributed by atoms with Crippen LogP contribution in [0.25, 0.3) is 0 Å². The standard InChI is InChI=1S/C23H37NO6S/c1-8-9-18(15-29-31(26,27)20-12-10-17(2)11-13-20)14-19-16-28-23(6,7)24(19)21(25)30-22(3,4)5/h10-13,18-19H,8-9,14-16H2,1-7H3. The van der Waals surface area contributed by atoms with Crippen LogP contribution in [0.1, 0.15) is 66.4 Å². The second-order valence-corrected chi connectivity index (χ2v) is 11.3. The van der Waals surface area contributed by atoms with E-state index in [2.05, 4.69) is 0 Å². The Kier molecular flexibility index (Phi) is 8.16. The summed E-state index contributed by atoms with van der Waals surface area (Å²) in [5, 5.41) is 0. The molecule has 0 radical (unpaired) electrons. The van der Waals surface area contributed by atoms with Gasteiger partial charge >= 0.3 is 6.09 Å². The highest BCUT2D eigenvalue weighted by Gasteiger charge is 2.46. The van der Waals surface area contributed by atoms with Crippen molar-refractivity contribution in [3.8, 4) is 0 Å². The van der Waals surface area contributed by atoms with Gasteiger partial charge in [0.05, 0.1) is 24.2 Å². The molecular weight excluding hydrogens is 418 g/mol. The zero-order valence-corrected chi connectivity index (χ0v) is 20.6. The lowest BCUT2D eigenvalue weighted by Gasteiger charge is -2.36. The molecule has 7 nitrogen and oxygen atoms in total. The maximum atomic E-state index is 12.9. The van der Waals surface area contributed by atoms with Crippen molar-refractivity contribution in [3.63, 3.8) is 0 Å². The lowest BCUT2D eigenvalue weighted by Crippen LogP contribution is -2.50. The van der Waals surface area contributed by atoms with Crippen molar-refractivity contribution in [1.82, 2.24) is 4.90 Å². The number of ether oxygens (including phenoxy) is 2. The predicted octanol–water partition coefficient (Wildman–Crippen LogP) is 4.88. The molecule has 31 heavy (non-hydrogen) atoms. The van der Waals surface area contributed by atoms with Gasteiger partial charge in [-0.15, -0.1) is 0 Å². The number of nitrogens with zero attached hydrogens (tertiary/aromatic N) is 1. The fourth-order valence-corrected chi connectivity index (χ4v) is 4.74. The molecule has 0 saturated carbocycles. The van der Waals surface area contributed by atoms with Crippen LogP contribution in [0, 0.1) is 12.8 Å². The number of hydrogen-bond donors (Lipinski definition) is 0. The average molecular weight is 456 g/mol. The van der Waals surface area contributed by atoms with Crippen LogP contribution in [0.15, 0.2) is 29.2 Å². The van der Waals surface area contributed by atoms with Crippen molar-refractivity contribution < 1.29 is 26.9 Å². The quantitative estimate of drug-likeness (QED) is 0.520. The smallest absolute Gasteiger partial charge is 0.412 e. The fourth-order valence-electron chi connectivity index (χ4n) is 3.76. The van der Waals surface area contributed by atoms with Crippen molar-refractivity contribution in [2.45, 2.75) is 90.0 Å². The zero-order chi connectivity index (χ0) is 23.4. The second-order valence-electron chi connectivity index (χ2n) is 9.70. The van der Waals surface area contributed by atoms with Crippen LogP contribution in [0.4, 0.5) is 4.79 Å². The molecule has 1 heterocycles. The number of rotatable bonds is 8. The molecule has 1 aliphatic rings. The Morgan fingerprint density at radius 3 is 2.42 bits per heavy atom. The third-order valence-corrected chi connectivity index (χ3v) is 6.53.